The molecule has 0 radical (unpaired) electrons. The van der Waals surface area contributed by atoms with Gasteiger partial charge in [-0.15, -0.1) is 11.3 Å². The van der Waals surface area contributed by atoms with E-state index in [1.54, 1.807) is 19.1 Å². The van der Waals surface area contributed by atoms with Gasteiger partial charge in [0.1, 0.15) is 4.21 Å². The number of sulfonamides is 1. The number of benzene rings is 1. The first-order valence-electron chi connectivity index (χ1n) is 5.80. The molecular weight excluding hydrogens is 334 g/mol. The van der Waals surface area contributed by atoms with Gasteiger partial charge in [0.15, 0.2) is 0 Å². The van der Waals surface area contributed by atoms with Crippen LogP contribution in [0.5, 0.6) is 0 Å². The molecule has 2 rings (SSSR count). The molecule has 0 spiro atoms. The second-order valence-electron chi connectivity index (χ2n) is 4.20. The lowest BCUT2D eigenvalue weighted by Crippen LogP contribution is -2.15. The maximum Gasteiger partial charge on any atom is 0.340 e. The van der Waals surface area contributed by atoms with E-state index in [9.17, 15) is 13.2 Å². The summed E-state index contributed by atoms with van der Waals surface area (Å²) in [4.78, 5) is 11.7. The highest BCUT2D eigenvalue weighted by Crippen LogP contribution is 2.28. The molecule has 0 aliphatic heterocycles. The molecule has 8 heteroatoms. The Morgan fingerprint density at radius 2 is 2.00 bits per heavy atom. The molecule has 0 saturated carbocycles. The van der Waals surface area contributed by atoms with Crippen molar-refractivity contribution in [3.05, 3.63) is 45.8 Å². The molecule has 1 heterocycles. The van der Waals surface area contributed by atoms with Crippen LogP contribution < -0.4 is 4.72 Å². The van der Waals surface area contributed by atoms with E-state index in [4.69, 9.17) is 11.6 Å². The average Bonchev–Trinajstić information content (AvgIpc) is 2.87. The number of hydrogen-bond acceptors (Lipinski definition) is 5. The second-order valence-corrected chi connectivity index (χ2v) is 7.83. The number of ether oxygens (including phenoxy) is 1. The quantitative estimate of drug-likeness (QED) is 0.863. The average molecular weight is 346 g/mol. The summed E-state index contributed by atoms with van der Waals surface area (Å²) >= 11 is 6.68. The van der Waals surface area contributed by atoms with Crippen LogP contribution in [0, 0.1) is 6.92 Å². The van der Waals surface area contributed by atoms with Crippen molar-refractivity contribution in [2.24, 2.45) is 0 Å². The fraction of sp³-hybridized carbons (Fsp3) is 0.154. The van der Waals surface area contributed by atoms with Crippen molar-refractivity contribution >= 4 is 44.6 Å². The number of anilines is 1. The van der Waals surface area contributed by atoms with E-state index in [0.717, 1.165) is 16.9 Å². The molecule has 1 aromatic carbocycles. The third kappa shape index (κ3) is 3.55. The number of rotatable bonds is 4. The Morgan fingerprint density at radius 3 is 2.57 bits per heavy atom. The molecule has 112 valence electrons. The summed E-state index contributed by atoms with van der Waals surface area (Å²) in [6, 6.07) is 7.68. The zero-order valence-corrected chi connectivity index (χ0v) is 13.6. The van der Waals surface area contributed by atoms with Crippen LogP contribution in [0.25, 0.3) is 0 Å². The van der Waals surface area contributed by atoms with E-state index in [0.29, 0.717) is 4.34 Å². The standard InChI is InChI=1S/C13H12ClNO4S2/c1-8-3-4-10(9(7-8)13(16)19-2)15-21(17,18)12-6-5-11(14)20-12/h3-7,15H,1-2H3. The Kier molecular flexibility index (Phi) is 4.55. The Balaban J connectivity index is 2.42. The van der Waals surface area contributed by atoms with Crippen molar-refractivity contribution in [2.45, 2.75) is 11.1 Å². The number of thiophene rings is 1. The summed E-state index contributed by atoms with van der Waals surface area (Å²) in [6.07, 6.45) is 0. The van der Waals surface area contributed by atoms with Crippen LogP contribution in [-0.4, -0.2) is 21.5 Å². The lowest BCUT2D eigenvalue weighted by Gasteiger charge is -2.11. The molecule has 0 bridgehead atoms. The van der Waals surface area contributed by atoms with Gasteiger partial charge >= 0.3 is 5.97 Å². The molecule has 0 atom stereocenters. The summed E-state index contributed by atoms with van der Waals surface area (Å²) in [5.41, 5.74) is 1.14. The SMILES string of the molecule is COC(=O)c1cc(C)ccc1NS(=O)(=O)c1ccc(Cl)s1. The number of esters is 1. The lowest BCUT2D eigenvalue weighted by molar-refractivity contribution is 0.0602. The van der Waals surface area contributed by atoms with Gasteiger partial charge in [-0.3, -0.25) is 4.72 Å². The molecule has 0 unspecified atom stereocenters. The predicted molar refractivity (Wildman–Crippen MR) is 82.7 cm³/mol. The topological polar surface area (TPSA) is 72.5 Å². The Bertz CT molecular complexity index is 783. The fourth-order valence-electron chi connectivity index (χ4n) is 1.66. The van der Waals surface area contributed by atoms with Gasteiger partial charge in [-0.25, -0.2) is 13.2 Å². The third-order valence-electron chi connectivity index (χ3n) is 2.64. The lowest BCUT2D eigenvalue weighted by atomic mass is 10.1. The zero-order chi connectivity index (χ0) is 15.6. The maximum atomic E-state index is 12.3. The van der Waals surface area contributed by atoms with Crippen LogP contribution in [0.1, 0.15) is 15.9 Å². The largest absolute Gasteiger partial charge is 0.465 e. The van der Waals surface area contributed by atoms with Crippen LogP contribution in [0.2, 0.25) is 4.34 Å². The van der Waals surface area contributed by atoms with Crippen molar-refractivity contribution in [2.75, 3.05) is 11.8 Å². The van der Waals surface area contributed by atoms with Crippen LogP contribution in [0.4, 0.5) is 5.69 Å². The minimum absolute atomic E-state index is 0.0730. The predicted octanol–water partition coefficient (Wildman–Crippen LogP) is 3.30. The maximum absolute atomic E-state index is 12.3. The number of carbonyl (C=O) groups is 1. The number of aryl methyl sites for hydroxylation is 1. The van der Waals surface area contributed by atoms with Crippen LogP contribution >= 0.6 is 22.9 Å². The third-order valence-corrected chi connectivity index (χ3v) is 5.73. The Labute approximate surface area is 131 Å². The summed E-state index contributed by atoms with van der Waals surface area (Å²) in [6.45, 7) is 1.80. The van der Waals surface area contributed by atoms with Gasteiger partial charge in [-0.2, -0.15) is 0 Å². The van der Waals surface area contributed by atoms with Crippen molar-refractivity contribution < 1.29 is 17.9 Å². The number of hydrogen-bond donors (Lipinski definition) is 1. The molecule has 21 heavy (non-hydrogen) atoms. The van der Waals surface area contributed by atoms with Gasteiger partial charge in [0.2, 0.25) is 0 Å². The van der Waals surface area contributed by atoms with Gasteiger partial charge in [0.05, 0.1) is 22.7 Å². The minimum Gasteiger partial charge on any atom is -0.465 e. The van der Waals surface area contributed by atoms with E-state index >= 15 is 0 Å². The van der Waals surface area contributed by atoms with Crippen molar-refractivity contribution in [1.29, 1.82) is 0 Å². The smallest absolute Gasteiger partial charge is 0.340 e. The van der Waals surface area contributed by atoms with Gasteiger partial charge < -0.3 is 4.74 Å². The van der Waals surface area contributed by atoms with Crippen LogP contribution in [-0.2, 0) is 14.8 Å². The number of methoxy groups -OCH3 is 1. The van der Waals surface area contributed by atoms with Crippen molar-refractivity contribution in [1.82, 2.24) is 0 Å². The fourth-order valence-corrected chi connectivity index (χ4v) is 4.23. The van der Waals surface area contributed by atoms with E-state index in [1.165, 1.54) is 25.3 Å². The first-order chi connectivity index (χ1) is 9.83. The molecule has 0 aliphatic carbocycles. The molecule has 0 aliphatic rings. The first kappa shape index (κ1) is 15.8. The summed E-state index contributed by atoms with van der Waals surface area (Å²) < 4.78 is 32.0. The van der Waals surface area contributed by atoms with Gasteiger partial charge in [0.25, 0.3) is 10.0 Å². The highest BCUT2D eigenvalue weighted by molar-refractivity contribution is 7.94. The number of carbonyl (C=O) groups excluding carboxylic acids is 1. The summed E-state index contributed by atoms with van der Waals surface area (Å²) in [5.74, 6) is -0.611. The summed E-state index contributed by atoms with van der Waals surface area (Å²) in [7, 11) is -2.56. The monoisotopic (exact) mass is 345 g/mol. The second kappa shape index (κ2) is 6.05. The van der Waals surface area contributed by atoms with Crippen molar-refractivity contribution in [3.63, 3.8) is 0 Å². The van der Waals surface area contributed by atoms with Gasteiger partial charge in [0, 0.05) is 0 Å². The number of halogens is 1. The van der Waals surface area contributed by atoms with Crippen LogP contribution in [0.15, 0.2) is 34.5 Å². The zero-order valence-electron chi connectivity index (χ0n) is 11.2. The highest BCUT2D eigenvalue weighted by Gasteiger charge is 2.20. The molecule has 0 fully saturated rings. The Morgan fingerprint density at radius 1 is 1.29 bits per heavy atom. The number of nitrogens with one attached hydrogen (secondary N) is 1. The highest BCUT2D eigenvalue weighted by atomic mass is 35.5. The molecule has 2 aromatic rings. The van der Waals surface area contributed by atoms with E-state index in [1.807, 2.05) is 0 Å². The molecule has 5 nitrogen and oxygen atoms in total. The molecular formula is C13H12ClNO4S2. The normalized spacial score (nSPS) is 11.2. The van der Waals surface area contributed by atoms with Gasteiger partial charge in [-0.1, -0.05) is 23.2 Å². The van der Waals surface area contributed by atoms with Crippen molar-refractivity contribution in [3.8, 4) is 0 Å². The molecule has 0 saturated heterocycles. The van der Waals surface area contributed by atoms with Crippen LogP contribution in [0.3, 0.4) is 0 Å². The molecule has 1 aromatic heterocycles. The summed E-state index contributed by atoms with van der Waals surface area (Å²) in [5, 5.41) is 0. The van der Waals surface area contributed by atoms with E-state index < -0.39 is 16.0 Å². The van der Waals surface area contributed by atoms with Gasteiger partial charge in [-0.05, 0) is 31.2 Å². The van der Waals surface area contributed by atoms with E-state index in [2.05, 4.69) is 9.46 Å². The Hall–Kier alpha value is -1.57. The van der Waals surface area contributed by atoms with E-state index in [-0.39, 0.29) is 15.5 Å². The minimum atomic E-state index is -3.79. The first-order valence-corrected chi connectivity index (χ1v) is 8.48. The molecule has 1 N–H and O–H groups in total. The molecule has 0 amide bonds.